The van der Waals surface area contributed by atoms with Gasteiger partial charge in [0, 0.05) is 19.7 Å². The number of nitrogens with one attached hydrogen (secondary N) is 1. The molecule has 1 aliphatic heterocycles. The van der Waals surface area contributed by atoms with Gasteiger partial charge in [0.2, 0.25) is 5.91 Å². The average molecular weight is 249 g/mol. The van der Waals surface area contributed by atoms with Crippen LogP contribution in [0.25, 0.3) is 0 Å². The highest BCUT2D eigenvalue weighted by atomic mass is 16.5. The van der Waals surface area contributed by atoms with Crippen molar-refractivity contribution in [1.29, 1.82) is 0 Å². The van der Waals surface area contributed by atoms with Crippen molar-refractivity contribution in [3.8, 4) is 5.75 Å². The lowest BCUT2D eigenvalue weighted by Crippen LogP contribution is -2.43. The lowest BCUT2D eigenvalue weighted by atomic mass is 10.1. The van der Waals surface area contributed by atoms with Gasteiger partial charge in [-0.1, -0.05) is 0 Å². The van der Waals surface area contributed by atoms with Gasteiger partial charge >= 0.3 is 0 Å². The highest BCUT2D eigenvalue weighted by molar-refractivity contribution is 6.00. The number of nitrogens with zero attached hydrogens (tertiary/aromatic N) is 1. The predicted octanol–water partition coefficient (Wildman–Crippen LogP) is -0.271. The first-order valence-corrected chi connectivity index (χ1v) is 5.56. The predicted molar refractivity (Wildman–Crippen MR) is 66.7 cm³/mol. The Bertz CT molecular complexity index is 501. The van der Waals surface area contributed by atoms with E-state index in [4.69, 9.17) is 10.5 Å². The fourth-order valence-corrected chi connectivity index (χ4v) is 1.81. The monoisotopic (exact) mass is 249 g/mol. The average Bonchev–Trinajstić information content (AvgIpc) is 2.50. The van der Waals surface area contributed by atoms with Crippen molar-refractivity contribution in [2.45, 2.75) is 6.04 Å². The molecule has 0 radical (unpaired) electrons. The summed E-state index contributed by atoms with van der Waals surface area (Å²) < 4.78 is 5.47. The normalized spacial score (nSPS) is 18.7. The number of hydrogen-bond acceptors (Lipinski definition) is 4. The number of amides is 2. The first-order valence-electron chi connectivity index (χ1n) is 5.56. The summed E-state index contributed by atoms with van der Waals surface area (Å²) in [5.74, 6) is 0.0743. The number of anilines is 1. The third kappa shape index (κ3) is 2.02. The zero-order valence-corrected chi connectivity index (χ0v) is 10.3. The summed E-state index contributed by atoms with van der Waals surface area (Å²) in [5.41, 5.74) is 6.77. The first kappa shape index (κ1) is 12.4. The molecule has 96 valence electrons. The van der Waals surface area contributed by atoms with Crippen LogP contribution in [0.4, 0.5) is 5.69 Å². The molecule has 1 heterocycles. The van der Waals surface area contributed by atoms with E-state index in [1.807, 2.05) is 0 Å². The number of hydrogen-bond donors (Lipinski definition) is 2. The summed E-state index contributed by atoms with van der Waals surface area (Å²) in [4.78, 5) is 24.8. The van der Waals surface area contributed by atoms with Crippen molar-refractivity contribution in [2.24, 2.45) is 5.73 Å². The zero-order valence-electron chi connectivity index (χ0n) is 10.3. The van der Waals surface area contributed by atoms with Crippen LogP contribution in [-0.4, -0.2) is 38.6 Å². The largest absolute Gasteiger partial charge is 0.489 e. The quantitative estimate of drug-likeness (QED) is 0.717. The number of carbonyl (C=O) groups excluding carboxylic acids is 2. The van der Waals surface area contributed by atoms with Gasteiger partial charge in [-0.15, -0.1) is 0 Å². The van der Waals surface area contributed by atoms with Crippen LogP contribution in [0.1, 0.15) is 10.4 Å². The van der Waals surface area contributed by atoms with Crippen molar-refractivity contribution in [3.05, 3.63) is 23.8 Å². The van der Waals surface area contributed by atoms with E-state index < -0.39 is 6.04 Å². The molecule has 0 saturated carbocycles. The summed E-state index contributed by atoms with van der Waals surface area (Å²) in [7, 11) is 3.19. The van der Waals surface area contributed by atoms with Crippen LogP contribution in [0, 0.1) is 0 Å². The van der Waals surface area contributed by atoms with Crippen molar-refractivity contribution in [1.82, 2.24) is 5.32 Å². The molecule has 0 saturated heterocycles. The van der Waals surface area contributed by atoms with Gasteiger partial charge in [0.1, 0.15) is 18.4 Å². The molecule has 6 nitrogen and oxygen atoms in total. The van der Waals surface area contributed by atoms with Crippen molar-refractivity contribution < 1.29 is 14.3 Å². The maximum absolute atomic E-state index is 11.8. The van der Waals surface area contributed by atoms with Gasteiger partial charge in [0.25, 0.3) is 5.91 Å². The summed E-state index contributed by atoms with van der Waals surface area (Å²) in [6, 6.07) is 4.24. The third-order valence-corrected chi connectivity index (χ3v) is 2.88. The molecule has 2 rings (SSSR count). The Kier molecular flexibility index (Phi) is 3.20. The molecular formula is C12H15N3O3. The smallest absolute Gasteiger partial charge is 0.251 e. The van der Waals surface area contributed by atoms with E-state index in [9.17, 15) is 9.59 Å². The van der Waals surface area contributed by atoms with E-state index in [1.54, 1.807) is 32.3 Å². The molecule has 1 aromatic rings. The topological polar surface area (TPSA) is 84.7 Å². The Morgan fingerprint density at radius 2 is 2.28 bits per heavy atom. The number of likely N-dealkylation sites (N-methyl/N-ethyl adjacent to an activating group) is 1. The second kappa shape index (κ2) is 4.66. The zero-order chi connectivity index (χ0) is 13.3. The van der Waals surface area contributed by atoms with Crippen LogP contribution in [0.5, 0.6) is 5.75 Å². The number of fused-ring (bicyclic) bond motifs is 1. The summed E-state index contributed by atoms with van der Waals surface area (Å²) in [5, 5.41) is 2.53. The molecule has 1 atom stereocenters. The van der Waals surface area contributed by atoms with E-state index in [1.165, 1.54) is 4.90 Å². The van der Waals surface area contributed by atoms with Crippen molar-refractivity contribution >= 4 is 17.5 Å². The van der Waals surface area contributed by atoms with E-state index in [0.717, 1.165) is 0 Å². The Morgan fingerprint density at radius 1 is 1.56 bits per heavy atom. The fourth-order valence-electron chi connectivity index (χ4n) is 1.81. The molecule has 1 unspecified atom stereocenters. The number of carbonyl (C=O) groups is 2. The van der Waals surface area contributed by atoms with Gasteiger partial charge in [-0.3, -0.25) is 9.59 Å². The lowest BCUT2D eigenvalue weighted by Gasteiger charge is -2.17. The number of ether oxygens (including phenoxy) is 1. The van der Waals surface area contributed by atoms with E-state index in [0.29, 0.717) is 17.0 Å². The molecule has 0 fully saturated rings. The lowest BCUT2D eigenvalue weighted by molar-refractivity contribution is -0.119. The maximum Gasteiger partial charge on any atom is 0.251 e. The van der Waals surface area contributed by atoms with Crippen LogP contribution < -0.4 is 20.7 Å². The maximum atomic E-state index is 11.8. The Labute approximate surface area is 105 Å². The minimum atomic E-state index is -0.689. The second-order valence-electron chi connectivity index (χ2n) is 4.08. The number of benzene rings is 1. The van der Waals surface area contributed by atoms with Crippen LogP contribution in [0.15, 0.2) is 18.2 Å². The fraction of sp³-hybridized carbons (Fsp3) is 0.333. The highest BCUT2D eigenvalue weighted by Gasteiger charge is 2.26. The summed E-state index contributed by atoms with van der Waals surface area (Å²) in [6.45, 7) is 0.105. The molecule has 18 heavy (non-hydrogen) atoms. The Morgan fingerprint density at radius 3 is 2.94 bits per heavy atom. The molecule has 0 aliphatic carbocycles. The SMILES string of the molecule is CNC(=O)c1ccc2c(c1)OCC(N)C(=O)N2C. The van der Waals surface area contributed by atoms with Crippen LogP contribution in [0.3, 0.4) is 0 Å². The molecule has 6 heteroatoms. The summed E-state index contributed by atoms with van der Waals surface area (Å²) in [6.07, 6.45) is 0. The minimum absolute atomic E-state index is 0.105. The third-order valence-electron chi connectivity index (χ3n) is 2.88. The van der Waals surface area contributed by atoms with Gasteiger partial charge < -0.3 is 20.7 Å². The molecule has 1 aromatic carbocycles. The standard InChI is InChI=1S/C12H15N3O3/c1-14-11(16)7-3-4-9-10(5-7)18-6-8(13)12(17)15(9)2/h3-5,8H,6,13H2,1-2H3,(H,14,16). The molecule has 1 aliphatic rings. The molecular weight excluding hydrogens is 234 g/mol. The molecule has 0 aromatic heterocycles. The molecule has 0 spiro atoms. The first-order chi connectivity index (χ1) is 8.54. The highest BCUT2D eigenvalue weighted by Crippen LogP contribution is 2.31. The minimum Gasteiger partial charge on any atom is -0.489 e. The van der Waals surface area contributed by atoms with Gasteiger partial charge in [-0.05, 0) is 18.2 Å². The van der Waals surface area contributed by atoms with Crippen molar-refractivity contribution in [2.75, 3.05) is 25.6 Å². The van der Waals surface area contributed by atoms with Gasteiger partial charge in [0.15, 0.2) is 0 Å². The van der Waals surface area contributed by atoms with Gasteiger partial charge in [-0.25, -0.2) is 0 Å². The molecule has 0 bridgehead atoms. The van der Waals surface area contributed by atoms with Gasteiger partial charge in [-0.2, -0.15) is 0 Å². The number of rotatable bonds is 1. The molecule has 2 amide bonds. The van der Waals surface area contributed by atoms with E-state index >= 15 is 0 Å². The van der Waals surface area contributed by atoms with Crippen molar-refractivity contribution in [3.63, 3.8) is 0 Å². The molecule has 3 N–H and O–H groups in total. The Hall–Kier alpha value is -2.08. The van der Waals surface area contributed by atoms with Crippen LogP contribution in [0.2, 0.25) is 0 Å². The van der Waals surface area contributed by atoms with E-state index in [2.05, 4.69) is 5.32 Å². The van der Waals surface area contributed by atoms with Crippen LogP contribution >= 0.6 is 0 Å². The number of nitrogens with two attached hydrogens (primary N) is 1. The van der Waals surface area contributed by atoms with E-state index in [-0.39, 0.29) is 18.4 Å². The van der Waals surface area contributed by atoms with Crippen LogP contribution in [-0.2, 0) is 4.79 Å². The Balaban J connectivity index is 2.43. The summed E-state index contributed by atoms with van der Waals surface area (Å²) >= 11 is 0. The second-order valence-corrected chi connectivity index (χ2v) is 4.08. The van der Waals surface area contributed by atoms with Gasteiger partial charge in [0.05, 0.1) is 5.69 Å².